The summed E-state index contributed by atoms with van der Waals surface area (Å²) in [6.45, 7) is -0.449. The summed E-state index contributed by atoms with van der Waals surface area (Å²) >= 11 is 0. The largest absolute Gasteiger partial charge is 0.464 e. The molecular formula is C14H8F6N2O. The lowest BCUT2D eigenvalue weighted by Crippen LogP contribution is -2.10. The molecule has 0 unspecified atom stereocenters. The molecule has 1 aromatic carbocycles. The van der Waals surface area contributed by atoms with E-state index in [1.54, 1.807) is 0 Å². The van der Waals surface area contributed by atoms with Crippen LogP contribution in [0.5, 0.6) is 5.88 Å². The van der Waals surface area contributed by atoms with Crippen LogP contribution < -0.4 is 4.74 Å². The minimum atomic E-state index is -4.74. The quantitative estimate of drug-likeness (QED) is 0.628. The molecule has 0 aliphatic heterocycles. The Balaban J connectivity index is 2.47. The molecule has 0 N–H and O–H groups in total. The number of halogens is 6. The van der Waals surface area contributed by atoms with E-state index in [1.807, 2.05) is 5.92 Å². The highest BCUT2D eigenvalue weighted by Crippen LogP contribution is 2.37. The third kappa shape index (κ3) is 3.59. The van der Waals surface area contributed by atoms with E-state index in [4.69, 9.17) is 11.2 Å². The average Bonchev–Trinajstić information content (AvgIpc) is 2.88. The van der Waals surface area contributed by atoms with Crippen molar-refractivity contribution in [3.05, 3.63) is 41.6 Å². The Morgan fingerprint density at radius 1 is 1.04 bits per heavy atom. The van der Waals surface area contributed by atoms with Gasteiger partial charge in [-0.25, -0.2) is 4.68 Å². The predicted octanol–water partition coefficient (Wildman–Crippen LogP) is 3.92. The van der Waals surface area contributed by atoms with Crippen LogP contribution in [0, 0.1) is 12.3 Å². The summed E-state index contributed by atoms with van der Waals surface area (Å²) in [5.74, 6) is 1.33. The summed E-state index contributed by atoms with van der Waals surface area (Å²) in [6.07, 6.45) is -3.83. The van der Waals surface area contributed by atoms with Crippen LogP contribution in [-0.2, 0) is 12.4 Å². The molecule has 23 heavy (non-hydrogen) atoms. The summed E-state index contributed by atoms with van der Waals surface area (Å²) < 4.78 is 81.8. The normalized spacial score (nSPS) is 12.0. The maximum atomic E-state index is 12.9. The molecule has 3 nitrogen and oxygen atoms in total. The van der Waals surface area contributed by atoms with Gasteiger partial charge in [-0.1, -0.05) is 5.92 Å². The standard InChI is InChI=1S/C14H8F6N2O/c1-2-7-23-12-11(14(18,19)20)8-21-22(12)10-5-3-9(4-6-10)13(15,16)17/h1,3-6,8H,7H2. The van der Waals surface area contributed by atoms with Crippen molar-refractivity contribution in [2.45, 2.75) is 12.4 Å². The van der Waals surface area contributed by atoms with Crippen LogP contribution >= 0.6 is 0 Å². The Hall–Kier alpha value is -2.63. The smallest absolute Gasteiger partial charge is 0.423 e. The first-order valence-corrected chi connectivity index (χ1v) is 6.03. The minimum Gasteiger partial charge on any atom is -0.464 e. The van der Waals surface area contributed by atoms with E-state index in [0.717, 1.165) is 28.9 Å². The number of hydrogen-bond donors (Lipinski definition) is 0. The predicted molar refractivity (Wildman–Crippen MR) is 67.9 cm³/mol. The maximum Gasteiger partial charge on any atom is 0.423 e. The van der Waals surface area contributed by atoms with E-state index in [0.29, 0.717) is 6.20 Å². The number of benzene rings is 1. The van der Waals surface area contributed by atoms with Crippen LogP contribution in [0.4, 0.5) is 26.3 Å². The van der Waals surface area contributed by atoms with Crippen molar-refractivity contribution in [3.63, 3.8) is 0 Å². The van der Waals surface area contributed by atoms with Crippen molar-refractivity contribution < 1.29 is 31.1 Å². The SMILES string of the molecule is C#CCOc1c(C(F)(F)F)cnn1-c1ccc(C(F)(F)F)cc1. The second-order valence-corrected chi connectivity index (χ2v) is 4.31. The number of hydrogen-bond acceptors (Lipinski definition) is 2. The molecule has 0 aliphatic rings. The van der Waals surface area contributed by atoms with E-state index in [2.05, 4.69) is 5.10 Å². The van der Waals surface area contributed by atoms with E-state index < -0.39 is 36.0 Å². The molecule has 2 rings (SSSR count). The van der Waals surface area contributed by atoms with Gasteiger partial charge >= 0.3 is 12.4 Å². The molecule has 0 amide bonds. The Morgan fingerprint density at radius 3 is 2.13 bits per heavy atom. The third-order valence-corrected chi connectivity index (χ3v) is 2.76. The molecular weight excluding hydrogens is 326 g/mol. The molecule has 0 saturated carbocycles. The minimum absolute atomic E-state index is 0.0273. The Morgan fingerprint density at radius 2 is 1.65 bits per heavy atom. The van der Waals surface area contributed by atoms with Crippen LogP contribution in [0.15, 0.2) is 30.5 Å². The van der Waals surface area contributed by atoms with Crippen molar-refractivity contribution in [1.82, 2.24) is 9.78 Å². The lowest BCUT2D eigenvalue weighted by Gasteiger charge is -2.12. The number of ether oxygens (including phenoxy) is 1. The van der Waals surface area contributed by atoms with Gasteiger partial charge in [-0.05, 0) is 24.3 Å². The lowest BCUT2D eigenvalue weighted by atomic mass is 10.2. The van der Waals surface area contributed by atoms with Gasteiger partial charge in [0.1, 0.15) is 5.56 Å². The Labute approximate surface area is 126 Å². The van der Waals surface area contributed by atoms with Crippen molar-refractivity contribution in [2.24, 2.45) is 0 Å². The van der Waals surface area contributed by atoms with Gasteiger partial charge in [0.05, 0.1) is 17.4 Å². The van der Waals surface area contributed by atoms with Crippen molar-refractivity contribution in [2.75, 3.05) is 6.61 Å². The Kier molecular flexibility index (Phi) is 4.27. The van der Waals surface area contributed by atoms with Gasteiger partial charge in [0, 0.05) is 0 Å². The maximum absolute atomic E-state index is 12.9. The van der Waals surface area contributed by atoms with E-state index in [1.165, 1.54) is 0 Å². The highest BCUT2D eigenvalue weighted by molar-refractivity contribution is 5.41. The molecule has 0 spiro atoms. The van der Waals surface area contributed by atoms with Gasteiger partial charge < -0.3 is 4.74 Å². The monoisotopic (exact) mass is 334 g/mol. The van der Waals surface area contributed by atoms with Gasteiger partial charge in [0.2, 0.25) is 5.88 Å². The van der Waals surface area contributed by atoms with Gasteiger partial charge in [-0.3, -0.25) is 0 Å². The zero-order valence-corrected chi connectivity index (χ0v) is 11.2. The summed E-state index contributed by atoms with van der Waals surface area (Å²) in [5.41, 5.74) is -2.14. The summed E-state index contributed by atoms with van der Waals surface area (Å²) in [7, 11) is 0. The van der Waals surface area contributed by atoms with Crippen LogP contribution in [0.2, 0.25) is 0 Å². The summed E-state index contributed by atoms with van der Waals surface area (Å²) in [5, 5.41) is 3.52. The first-order chi connectivity index (χ1) is 10.6. The first kappa shape index (κ1) is 16.7. The molecule has 0 radical (unpaired) electrons. The molecule has 0 bridgehead atoms. The summed E-state index contributed by atoms with van der Waals surface area (Å²) in [4.78, 5) is 0. The van der Waals surface area contributed by atoms with Crippen LogP contribution in [-0.4, -0.2) is 16.4 Å². The fourth-order valence-corrected chi connectivity index (χ4v) is 1.76. The molecule has 0 aliphatic carbocycles. The van der Waals surface area contributed by atoms with Crippen LogP contribution in [0.25, 0.3) is 5.69 Å². The van der Waals surface area contributed by atoms with Crippen molar-refractivity contribution >= 4 is 0 Å². The van der Waals surface area contributed by atoms with Crippen molar-refractivity contribution in [1.29, 1.82) is 0 Å². The number of alkyl halides is 6. The number of rotatable bonds is 3. The van der Waals surface area contributed by atoms with Gasteiger partial charge in [-0.15, -0.1) is 6.42 Å². The second-order valence-electron chi connectivity index (χ2n) is 4.31. The molecule has 0 atom stereocenters. The molecule has 0 fully saturated rings. The highest BCUT2D eigenvalue weighted by atomic mass is 19.4. The second kappa shape index (κ2) is 5.87. The number of aromatic nitrogens is 2. The van der Waals surface area contributed by atoms with E-state index >= 15 is 0 Å². The van der Waals surface area contributed by atoms with E-state index in [9.17, 15) is 26.3 Å². The fraction of sp³-hybridized carbons (Fsp3) is 0.214. The van der Waals surface area contributed by atoms with Crippen molar-refractivity contribution in [3.8, 4) is 23.9 Å². The Bertz CT molecular complexity index is 722. The zero-order valence-electron chi connectivity index (χ0n) is 11.2. The average molecular weight is 334 g/mol. The molecule has 2 aromatic rings. The highest BCUT2D eigenvalue weighted by Gasteiger charge is 2.38. The molecule has 122 valence electrons. The zero-order chi connectivity index (χ0) is 17.3. The van der Waals surface area contributed by atoms with Crippen LogP contribution in [0.3, 0.4) is 0 Å². The number of terminal acetylenes is 1. The van der Waals surface area contributed by atoms with Gasteiger partial charge in [-0.2, -0.15) is 31.4 Å². The fourth-order valence-electron chi connectivity index (χ4n) is 1.76. The van der Waals surface area contributed by atoms with E-state index in [-0.39, 0.29) is 5.69 Å². The third-order valence-electron chi connectivity index (χ3n) is 2.76. The molecule has 1 aromatic heterocycles. The van der Waals surface area contributed by atoms with Gasteiger partial charge in [0.15, 0.2) is 6.61 Å². The summed E-state index contributed by atoms with van der Waals surface area (Å²) in [6, 6.07) is 3.43. The topological polar surface area (TPSA) is 27.1 Å². The number of nitrogens with zero attached hydrogens (tertiary/aromatic N) is 2. The van der Waals surface area contributed by atoms with Gasteiger partial charge in [0.25, 0.3) is 0 Å². The molecule has 9 heteroatoms. The lowest BCUT2D eigenvalue weighted by molar-refractivity contribution is -0.139. The van der Waals surface area contributed by atoms with Crippen LogP contribution in [0.1, 0.15) is 11.1 Å². The molecule has 1 heterocycles. The first-order valence-electron chi connectivity index (χ1n) is 6.03. The molecule has 0 saturated heterocycles.